The molecule has 0 fully saturated rings. The van der Waals surface area contributed by atoms with Crippen LogP contribution < -0.4 is 21.1 Å². The van der Waals surface area contributed by atoms with Gasteiger partial charge in [0.2, 0.25) is 11.2 Å². The van der Waals surface area contributed by atoms with E-state index < -0.39 is 11.3 Å². The highest BCUT2D eigenvalue weighted by Gasteiger charge is 2.21. The quantitative estimate of drug-likeness (QED) is 0.127. The molecule has 0 unspecified atom stereocenters. The van der Waals surface area contributed by atoms with Gasteiger partial charge in [-0.25, -0.2) is 9.59 Å². The predicted molar refractivity (Wildman–Crippen MR) is 219 cm³/mol. The van der Waals surface area contributed by atoms with Gasteiger partial charge in [0.05, 0.1) is 11.1 Å². The van der Waals surface area contributed by atoms with Gasteiger partial charge in [0, 0.05) is 83.7 Å². The van der Waals surface area contributed by atoms with E-state index in [4.69, 9.17) is 22.1 Å². The van der Waals surface area contributed by atoms with Crippen LogP contribution in [0.2, 0.25) is 0 Å². The monoisotopic (exact) mass is 730 g/mol. The van der Waals surface area contributed by atoms with Gasteiger partial charge in [0.1, 0.15) is 22.7 Å². The maximum atomic E-state index is 13.2. The van der Waals surface area contributed by atoms with Crippen molar-refractivity contribution in [3.05, 3.63) is 130 Å². The molecular weight excluding hydrogens is 693 g/mol. The minimum Gasteiger partial charge on any atom is -0.449 e. The van der Waals surface area contributed by atoms with E-state index in [0.29, 0.717) is 67.3 Å². The number of hydrogen-bond donors (Lipinski definition) is 0. The summed E-state index contributed by atoms with van der Waals surface area (Å²) in [5, 5.41) is 1.69. The van der Waals surface area contributed by atoms with Crippen molar-refractivity contribution >= 4 is 55.6 Å². The Morgan fingerprint density at radius 2 is 0.836 bits per heavy atom. The molecule has 9 rings (SSSR count). The van der Waals surface area contributed by atoms with Crippen LogP contribution in [-0.2, 0) is 0 Å². The molecule has 9 nitrogen and oxygen atoms in total. The second-order valence-corrected chi connectivity index (χ2v) is 13.6. The number of rotatable bonds is 10. The van der Waals surface area contributed by atoms with Crippen molar-refractivity contribution in [2.45, 2.75) is 27.7 Å². The van der Waals surface area contributed by atoms with Crippen LogP contribution in [0.3, 0.4) is 0 Å². The Morgan fingerprint density at radius 1 is 0.418 bits per heavy atom. The largest absolute Gasteiger partial charge is 0.449 e. The topological polar surface area (TPSA) is 106 Å². The van der Waals surface area contributed by atoms with E-state index in [0.717, 1.165) is 59.5 Å². The zero-order chi connectivity index (χ0) is 37.8. The summed E-state index contributed by atoms with van der Waals surface area (Å²) >= 11 is 0. The zero-order valence-electron chi connectivity index (χ0n) is 31.0. The lowest BCUT2D eigenvalue weighted by Gasteiger charge is -2.21. The van der Waals surface area contributed by atoms with E-state index in [1.54, 1.807) is 0 Å². The molecule has 0 saturated carbocycles. The molecule has 0 spiro atoms. The molecule has 0 aliphatic heterocycles. The van der Waals surface area contributed by atoms with Crippen LogP contribution in [0.4, 0.5) is 11.4 Å². The van der Waals surface area contributed by atoms with Crippen molar-refractivity contribution < 1.29 is 22.1 Å². The summed E-state index contributed by atoms with van der Waals surface area (Å²) in [6.45, 7) is 11.8. The maximum Gasteiger partial charge on any atom is 0.344 e. The molecule has 55 heavy (non-hydrogen) atoms. The Morgan fingerprint density at radius 3 is 1.25 bits per heavy atom. The Hall–Kier alpha value is -6.74. The van der Waals surface area contributed by atoms with E-state index in [1.165, 1.54) is 0 Å². The molecule has 4 aromatic carbocycles. The molecule has 0 saturated heterocycles. The van der Waals surface area contributed by atoms with E-state index in [9.17, 15) is 9.59 Å². The first kappa shape index (κ1) is 34.1. The Labute approximate surface area is 315 Å². The maximum absolute atomic E-state index is 13.2. The summed E-state index contributed by atoms with van der Waals surface area (Å²) in [5.41, 5.74) is 8.26. The van der Waals surface area contributed by atoms with E-state index >= 15 is 0 Å². The van der Waals surface area contributed by atoms with Gasteiger partial charge in [-0.15, -0.1) is 0 Å². The van der Waals surface area contributed by atoms with E-state index in [-0.39, 0.29) is 0 Å². The van der Waals surface area contributed by atoms with Gasteiger partial charge in [-0.3, -0.25) is 0 Å². The van der Waals surface area contributed by atoms with Crippen LogP contribution in [0.15, 0.2) is 141 Å². The van der Waals surface area contributed by atoms with Crippen LogP contribution in [0.25, 0.3) is 89.2 Å². The molecule has 0 aliphatic rings. The molecule has 5 aromatic heterocycles. The van der Waals surface area contributed by atoms with Gasteiger partial charge in [-0.05, 0) is 87.4 Å². The zero-order valence-corrected chi connectivity index (χ0v) is 31.0. The predicted octanol–water partition coefficient (Wildman–Crippen LogP) is 11.3. The van der Waals surface area contributed by atoms with Gasteiger partial charge >= 0.3 is 11.3 Å². The van der Waals surface area contributed by atoms with Gasteiger partial charge in [0.15, 0.2) is 11.2 Å². The number of hydrogen-bond acceptors (Lipinski definition) is 9. The van der Waals surface area contributed by atoms with Crippen molar-refractivity contribution in [2.24, 2.45) is 0 Å². The van der Waals surface area contributed by atoms with Crippen molar-refractivity contribution in [1.29, 1.82) is 0 Å². The van der Waals surface area contributed by atoms with Crippen LogP contribution in [0.1, 0.15) is 27.7 Å². The summed E-state index contributed by atoms with van der Waals surface area (Å²) in [6, 6.07) is 34.5. The Kier molecular flexibility index (Phi) is 8.42. The van der Waals surface area contributed by atoms with Gasteiger partial charge in [0.25, 0.3) is 0 Å². The number of fused-ring (bicyclic) bond motifs is 5. The molecule has 274 valence electrons. The first-order valence-electron chi connectivity index (χ1n) is 18.7. The normalized spacial score (nSPS) is 11.7. The highest BCUT2D eigenvalue weighted by molar-refractivity contribution is 6.01. The lowest BCUT2D eigenvalue weighted by molar-refractivity contribution is 0.563. The number of furan rings is 3. The average molecular weight is 731 g/mol. The Bertz CT molecular complexity index is 2800. The summed E-state index contributed by atoms with van der Waals surface area (Å²) in [7, 11) is 0. The average Bonchev–Trinajstić information content (AvgIpc) is 3.90. The standard InChI is InChI=1S/C46H38N2O7/c1-5-47(6-2)33-17-15-31-21-35(45(49)54-37(31)23-33)27-11-9-13-29(19-27)39-25-41-43(52-39)44-42(51-41)26-40(53-44)30-14-10-12-28(20-30)36-22-32-16-18-34(48(7-3)8-4)24-38(32)55-46(36)50/h9-26H,5-8H2,1-4H3. The van der Waals surface area contributed by atoms with Gasteiger partial charge < -0.3 is 31.9 Å². The first-order valence-corrected chi connectivity index (χ1v) is 18.7. The van der Waals surface area contributed by atoms with Crippen LogP contribution in [0.5, 0.6) is 0 Å². The second-order valence-electron chi connectivity index (χ2n) is 13.6. The summed E-state index contributed by atoms with van der Waals surface area (Å²) in [5.74, 6) is 1.14. The molecular formula is C46H38N2O7. The van der Waals surface area contributed by atoms with Gasteiger partial charge in [-0.1, -0.05) is 36.4 Å². The molecule has 0 bridgehead atoms. The SMILES string of the molecule is CCN(CC)c1ccc2cc(-c3cccc(-c4cc5oc6cc(-c7cccc(-c8cc9ccc(N(CC)CC)cc9oc8=O)c7)oc6c5o4)c3)c(=O)oc2c1. The van der Waals surface area contributed by atoms with Crippen LogP contribution in [-0.4, -0.2) is 26.2 Å². The lowest BCUT2D eigenvalue weighted by atomic mass is 10.0. The van der Waals surface area contributed by atoms with Gasteiger partial charge in [-0.2, -0.15) is 0 Å². The fraction of sp³-hybridized carbons (Fsp3) is 0.174. The van der Waals surface area contributed by atoms with Crippen molar-refractivity contribution in [3.63, 3.8) is 0 Å². The minimum absolute atomic E-state index is 0.408. The number of benzene rings is 4. The minimum atomic E-state index is -0.408. The third kappa shape index (κ3) is 5.98. The fourth-order valence-corrected chi connectivity index (χ4v) is 7.47. The van der Waals surface area contributed by atoms with Crippen LogP contribution in [0, 0.1) is 0 Å². The van der Waals surface area contributed by atoms with E-state index in [2.05, 4.69) is 49.6 Å². The number of nitrogens with zero attached hydrogens (tertiary/aromatic N) is 2. The van der Waals surface area contributed by atoms with Crippen molar-refractivity contribution in [1.82, 2.24) is 0 Å². The number of anilines is 2. The third-order valence-electron chi connectivity index (χ3n) is 10.4. The molecule has 9 heteroatoms. The summed E-state index contributed by atoms with van der Waals surface area (Å²) in [4.78, 5) is 30.9. The molecule has 0 N–H and O–H groups in total. The van der Waals surface area contributed by atoms with Crippen LogP contribution >= 0.6 is 0 Å². The van der Waals surface area contributed by atoms with E-state index in [1.807, 2.05) is 97.1 Å². The lowest BCUT2D eigenvalue weighted by Crippen LogP contribution is -2.21. The molecule has 0 radical (unpaired) electrons. The highest BCUT2D eigenvalue weighted by atomic mass is 16.4. The molecule has 0 atom stereocenters. The van der Waals surface area contributed by atoms with Crippen molar-refractivity contribution in [3.8, 4) is 44.9 Å². The third-order valence-corrected chi connectivity index (χ3v) is 10.4. The molecule has 5 heterocycles. The summed E-state index contributed by atoms with van der Waals surface area (Å²) in [6.07, 6.45) is 0. The fourth-order valence-electron chi connectivity index (χ4n) is 7.47. The molecule has 0 amide bonds. The second kappa shape index (κ2) is 13.6. The van der Waals surface area contributed by atoms with Crippen molar-refractivity contribution in [2.75, 3.05) is 36.0 Å². The summed E-state index contributed by atoms with van der Waals surface area (Å²) < 4.78 is 30.5. The highest BCUT2D eigenvalue weighted by Crippen LogP contribution is 2.40. The first-order chi connectivity index (χ1) is 26.8. The Balaban J connectivity index is 1.02. The smallest absolute Gasteiger partial charge is 0.344 e. The molecule has 0 aliphatic carbocycles. The molecule has 9 aromatic rings.